The van der Waals surface area contributed by atoms with Gasteiger partial charge in [0.25, 0.3) is 0 Å². The number of nitrogens with one attached hydrogen (secondary N) is 1. The summed E-state index contributed by atoms with van der Waals surface area (Å²) in [6.07, 6.45) is 0.191. The number of hydrogen-bond acceptors (Lipinski definition) is 3. The van der Waals surface area contributed by atoms with E-state index in [1.165, 1.54) is 18.7 Å². The molecule has 2 amide bonds. The number of amides is 2. The molecule has 0 bridgehead atoms. The molecule has 0 heterocycles. The minimum Gasteiger partial charge on any atom is -0.352 e. The fraction of sp³-hybridized carbons (Fsp3) is 0.250. The highest BCUT2D eigenvalue weighted by molar-refractivity contribution is 5.97. The van der Waals surface area contributed by atoms with Gasteiger partial charge in [-0.05, 0) is 24.6 Å². The van der Waals surface area contributed by atoms with E-state index in [2.05, 4.69) is 5.32 Å². The highest BCUT2D eigenvalue weighted by atomic mass is 16.2. The van der Waals surface area contributed by atoms with Gasteiger partial charge in [0.05, 0.1) is 0 Å². The lowest BCUT2D eigenvalue weighted by Crippen LogP contribution is -2.33. The standard InChI is InChI=1S/C20H22N2O3/c1-15(23)18-9-6-10-19(13-18)22(16(2)24)12-11-20(25)21-14-17-7-4-3-5-8-17/h3-10,13H,11-12,14H2,1-2H3,(H,21,25). The molecule has 5 heteroatoms. The van der Waals surface area contributed by atoms with Crippen LogP contribution in [-0.2, 0) is 16.1 Å². The lowest BCUT2D eigenvalue weighted by Gasteiger charge is -2.21. The fourth-order valence-corrected chi connectivity index (χ4v) is 2.46. The van der Waals surface area contributed by atoms with Gasteiger partial charge in [-0.15, -0.1) is 0 Å². The summed E-state index contributed by atoms with van der Waals surface area (Å²) in [6, 6.07) is 16.5. The van der Waals surface area contributed by atoms with Crippen molar-refractivity contribution >= 4 is 23.3 Å². The lowest BCUT2D eigenvalue weighted by atomic mass is 10.1. The van der Waals surface area contributed by atoms with Crippen molar-refractivity contribution in [3.8, 4) is 0 Å². The number of rotatable bonds is 7. The third kappa shape index (κ3) is 5.57. The van der Waals surface area contributed by atoms with Crippen molar-refractivity contribution in [3.63, 3.8) is 0 Å². The van der Waals surface area contributed by atoms with E-state index in [-0.39, 0.29) is 30.6 Å². The molecule has 0 radical (unpaired) electrons. The van der Waals surface area contributed by atoms with Gasteiger partial charge >= 0.3 is 0 Å². The molecule has 0 fully saturated rings. The number of carbonyl (C=O) groups excluding carboxylic acids is 3. The van der Waals surface area contributed by atoms with E-state index in [0.717, 1.165) is 5.56 Å². The molecule has 0 aromatic heterocycles. The molecule has 0 aliphatic carbocycles. The van der Waals surface area contributed by atoms with Crippen LogP contribution >= 0.6 is 0 Å². The molecule has 0 aliphatic heterocycles. The van der Waals surface area contributed by atoms with Crippen LogP contribution in [0.2, 0.25) is 0 Å². The Morgan fingerprint density at radius 1 is 0.960 bits per heavy atom. The van der Waals surface area contributed by atoms with Gasteiger partial charge in [0.2, 0.25) is 11.8 Å². The van der Waals surface area contributed by atoms with Crippen LogP contribution in [0.3, 0.4) is 0 Å². The molecule has 0 unspecified atom stereocenters. The van der Waals surface area contributed by atoms with Gasteiger partial charge < -0.3 is 10.2 Å². The Kier molecular flexibility index (Phi) is 6.46. The zero-order valence-corrected chi connectivity index (χ0v) is 14.5. The molecule has 0 aliphatic rings. The van der Waals surface area contributed by atoms with Crippen LogP contribution in [0.25, 0.3) is 0 Å². The number of ketones is 1. The first-order valence-electron chi connectivity index (χ1n) is 8.17. The van der Waals surface area contributed by atoms with E-state index in [1.807, 2.05) is 30.3 Å². The molecule has 0 atom stereocenters. The van der Waals surface area contributed by atoms with E-state index in [4.69, 9.17) is 0 Å². The monoisotopic (exact) mass is 338 g/mol. The van der Waals surface area contributed by atoms with Crippen LogP contribution in [0.4, 0.5) is 5.69 Å². The molecule has 25 heavy (non-hydrogen) atoms. The third-order valence-electron chi connectivity index (χ3n) is 3.84. The van der Waals surface area contributed by atoms with Crippen LogP contribution in [0.1, 0.15) is 36.2 Å². The second-order valence-corrected chi connectivity index (χ2v) is 5.79. The van der Waals surface area contributed by atoms with Gasteiger partial charge in [-0.25, -0.2) is 0 Å². The number of Topliss-reactive ketones (excluding diaryl/α,β-unsaturated/α-hetero) is 1. The quantitative estimate of drug-likeness (QED) is 0.789. The molecule has 2 aromatic rings. The molecular formula is C20H22N2O3. The highest BCUT2D eigenvalue weighted by Gasteiger charge is 2.14. The van der Waals surface area contributed by atoms with Crippen molar-refractivity contribution in [2.24, 2.45) is 0 Å². The van der Waals surface area contributed by atoms with Crippen molar-refractivity contribution in [2.75, 3.05) is 11.4 Å². The van der Waals surface area contributed by atoms with E-state index in [1.54, 1.807) is 24.3 Å². The van der Waals surface area contributed by atoms with Crippen LogP contribution in [-0.4, -0.2) is 24.1 Å². The molecule has 2 rings (SSSR count). The van der Waals surface area contributed by atoms with Gasteiger partial charge in [0.1, 0.15) is 0 Å². The Morgan fingerprint density at radius 2 is 1.68 bits per heavy atom. The minimum absolute atomic E-state index is 0.0639. The maximum Gasteiger partial charge on any atom is 0.223 e. The molecule has 0 spiro atoms. The molecule has 0 saturated carbocycles. The second kappa shape index (κ2) is 8.78. The zero-order valence-electron chi connectivity index (χ0n) is 14.5. The smallest absolute Gasteiger partial charge is 0.223 e. The average molecular weight is 338 g/mol. The van der Waals surface area contributed by atoms with Crippen molar-refractivity contribution < 1.29 is 14.4 Å². The Labute approximate surface area is 147 Å². The van der Waals surface area contributed by atoms with Gasteiger partial charge in [-0.3, -0.25) is 14.4 Å². The summed E-state index contributed by atoms with van der Waals surface area (Å²) in [5, 5.41) is 2.84. The summed E-state index contributed by atoms with van der Waals surface area (Å²) in [6.45, 7) is 3.65. The van der Waals surface area contributed by atoms with Gasteiger partial charge in [0.15, 0.2) is 5.78 Å². The molecule has 0 saturated heterocycles. The topological polar surface area (TPSA) is 66.5 Å². The van der Waals surface area contributed by atoms with Gasteiger partial charge in [-0.1, -0.05) is 42.5 Å². The van der Waals surface area contributed by atoms with Crippen LogP contribution < -0.4 is 10.2 Å². The fourth-order valence-electron chi connectivity index (χ4n) is 2.46. The number of carbonyl (C=O) groups is 3. The van der Waals surface area contributed by atoms with Crippen molar-refractivity contribution in [1.82, 2.24) is 5.32 Å². The second-order valence-electron chi connectivity index (χ2n) is 5.79. The Bertz CT molecular complexity index is 757. The summed E-state index contributed by atoms with van der Waals surface area (Å²) < 4.78 is 0. The molecular weight excluding hydrogens is 316 g/mol. The van der Waals surface area contributed by atoms with Crippen LogP contribution in [0.15, 0.2) is 54.6 Å². The molecule has 2 aromatic carbocycles. The Hall–Kier alpha value is -2.95. The largest absolute Gasteiger partial charge is 0.352 e. The SMILES string of the molecule is CC(=O)c1cccc(N(CCC(=O)NCc2ccccc2)C(C)=O)c1. The van der Waals surface area contributed by atoms with Crippen LogP contribution in [0, 0.1) is 0 Å². The average Bonchev–Trinajstić information content (AvgIpc) is 2.61. The van der Waals surface area contributed by atoms with Crippen LogP contribution in [0.5, 0.6) is 0 Å². The lowest BCUT2D eigenvalue weighted by molar-refractivity contribution is -0.121. The van der Waals surface area contributed by atoms with E-state index >= 15 is 0 Å². The summed E-state index contributed by atoms with van der Waals surface area (Å²) in [4.78, 5) is 37.0. The number of nitrogens with zero attached hydrogens (tertiary/aromatic N) is 1. The first-order valence-corrected chi connectivity index (χ1v) is 8.17. The number of hydrogen-bond donors (Lipinski definition) is 1. The summed E-state index contributed by atoms with van der Waals surface area (Å²) >= 11 is 0. The molecule has 130 valence electrons. The van der Waals surface area contributed by atoms with Crippen molar-refractivity contribution in [3.05, 3.63) is 65.7 Å². The first-order chi connectivity index (χ1) is 12.0. The van der Waals surface area contributed by atoms with E-state index < -0.39 is 0 Å². The van der Waals surface area contributed by atoms with Crippen molar-refractivity contribution in [1.29, 1.82) is 0 Å². The van der Waals surface area contributed by atoms with E-state index in [0.29, 0.717) is 17.8 Å². The first kappa shape index (κ1) is 18.4. The maximum absolute atomic E-state index is 12.0. The number of benzene rings is 2. The third-order valence-corrected chi connectivity index (χ3v) is 3.84. The summed E-state index contributed by atoms with van der Waals surface area (Å²) in [7, 11) is 0. The van der Waals surface area contributed by atoms with Crippen molar-refractivity contribution in [2.45, 2.75) is 26.8 Å². The molecule has 1 N–H and O–H groups in total. The predicted molar refractivity (Wildman–Crippen MR) is 97.4 cm³/mol. The minimum atomic E-state index is -0.170. The predicted octanol–water partition coefficient (Wildman–Crippen LogP) is 2.95. The Morgan fingerprint density at radius 3 is 2.32 bits per heavy atom. The summed E-state index contributed by atoms with van der Waals surface area (Å²) in [5.41, 5.74) is 2.18. The molecule has 5 nitrogen and oxygen atoms in total. The summed E-state index contributed by atoms with van der Waals surface area (Å²) in [5.74, 6) is -0.361. The van der Waals surface area contributed by atoms with Gasteiger partial charge in [0, 0.05) is 37.7 Å². The van der Waals surface area contributed by atoms with Gasteiger partial charge in [-0.2, -0.15) is 0 Å². The normalized spacial score (nSPS) is 10.2. The Balaban J connectivity index is 1.95. The highest BCUT2D eigenvalue weighted by Crippen LogP contribution is 2.17. The zero-order chi connectivity index (χ0) is 18.2. The maximum atomic E-state index is 12.0. The number of anilines is 1. The van der Waals surface area contributed by atoms with E-state index in [9.17, 15) is 14.4 Å².